The van der Waals surface area contributed by atoms with Gasteiger partial charge in [0.25, 0.3) is 0 Å². The molecule has 0 aliphatic carbocycles. The third-order valence-electron chi connectivity index (χ3n) is 3.66. The number of carboxylic acids is 1. The molecular weight excluding hydrogens is 278 g/mol. The van der Waals surface area contributed by atoms with Crippen LogP contribution in [0.5, 0.6) is 0 Å². The monoisotopic (exact) mass is 297 g/mol. The van der Waals surface area contributed by atoms with Crippen molar-refractivity contribution in [3.63, 3.8) is 0 Å². The van der Waals surface area contributed by atoms with Crippen LogP contribution < -0.4 is 4.90 Å². The van der Waals surface area contributed by atoms with Gasteiger partial charge in [-0.2, -0.15) is 0 Å². The van der Waals surface area contributed by atoms with E-state index >= 15 is 0 Å². The quantitative estimate of drug-likeness (QED) is 0.919. The van der Waals surface area contributed by atoms with Gasteiger partial charge in [0.05, 0.1) is 10.1 Å². The lowest BCUT2D eigenvalue weighted by Crippen LogP contribution is -2.35. The van der Waals surface area contributed by atoms with E-state index in [1.807, 2.05) is 4.90 Å². The molecule has 110 valence electrons. The summed E-state index contributed by atoms with van der Waals surface area (Å²) >= 11 is 0. The molecule has 1 aliphatic heterocycles. The second-order valence-corrected chi connectivity index (χ2v) is 7.78. The number of carbonyl (C=O) groups is 1. The van der Waals surface area contributed by atoms with E-state index in [2.05, 4.69) is 0 Å². The summed E-state index contributed by atoms with van der Waals surface area (Å²) in [5.74, 6) is -0.832. The Labute approximate surface area is 119 Å². The minimum Gasteiger partial charge on any atom is -0.480 e. The van der Waals surface area contributed by atoms with Crippen molar-refractivity contribution < 1.29 is 18.3 Å². The van der Waals surface area contributed by atoms with E-state index in [1.165, 1.54) is 0 Å². The Bertz CT molecular complexity index is 592. The summed E-state index contributed by atoms with van der Waals surface area (Å²) in [5.41, 5.74) is 0.762. The van der Waals surface area contributed by atoms with Gasteiger partial charge in [-0.1, -0.05) is 0 Å². The van der Waals surface area contributed by atoms with Crippen LogP contribution in [0.2, 0.25) is 0 Å². The molecule has 1 aliphatic rings. The zero-order valence-corrected chi connectivity index (χ0v) is 12.4. The lowest BCUT2D eigenvalue weighted by molar-refractivity contribution is -0.138. The van der Waals surface area contributed by atoms with E-state index in [0.717, 1.165) is 12.1 Å². The van der Waals surface area contributed by atoms with Gasteiger partial charge in [0.1, 0.15) is 6.04 Å². The Morgan fingerprint density at radius 3 is 2.40 bits per heavy atom. The van der Waals surface area contributed by atoms with Crippen molar-refractivity contribution >= 4 is 21.5 Å². The van der Waals surface area contributed by atoms with Gasteiger partial charge in [0.15, 0.2) is 9.84 Å². The molecule has 0 saturated carbocycles. The minimum absolute atomic E-state index is 0.280. The summed E-state index contributed by atoms with van der Waals surface area (Å²) in [7, 11) is -3.28. The third-order valence-corrected chi connectivity index (χ3v) is 5.83. The van der Waals surface area contributed by atoms with Gasteiger partial charge in [-0.3, -0.25) is 0 Å². The van der Waals surface area contributed by atoms with Gasteiger partial charge < -0.3 is 10.0 Å². The second kappa shape index (κ2) is 5.44. The summed E-state index contributed by atoms with van der Waals surface area (Å²) < 4.78 is 24.1. The summed E-state index contributed by atoms with van der Waals surface area (Å²) in [6.45, 7) is 3.97. The normalized spacial score (nSPS) is 19.6. The number of aliphatic carboxylic acids is 1. The molecule has 1 unspecified atom stereocenters. The lowest BCUT2D eigenvalue weighted by atomic mass is 10.2. The van der Waals surface area contributed by atoms with Crippen molar-refractivity contribution in [2.75, 3.05) is 11.4 Å². The highest BCUT2D eigenvalue weighted by Gasteiger charge is 2.30. The molecule has 6 heteroatoms. The van der Waals surface area contributed by atoms with E-state index in [9.17, 15) is 13.2 Å². The molecule has 1 heterocycles. The number of anilines is 1. The maximum Gasteiger partial charge on any atom is 0.326 e. The number of nitrogens with zero attached hydrogens (tertiary/aromatic N) is 1. The molecule has 20 heavy (non-hydrogen) atoms. The van der Waals surface area contributed by atoms with Gasteiger partial charge >= 0.3 is 5.97 Å². The van der Waals surface area contributed by atoms with Crippen LogP contribution in [-0.4, -0.2) is 37.3 Å². The predicted molar refractivity (Wildman–Crippen MR) is 76.8 cm³/mol. The molecule has 0 radical (unpaired) electrons. The lowest BCUT2D eigenvalue weighted by Gasteiger charge is -2.23. The topological polar surface area (TPSA) is 74.7 Å². The van der Waals surface area contributed by atoms with Crippen LogP contribution >= 0.6 is 0 Å². The Hall–Kier alpha value is -1.56. The van der Waals surface area contributed by atoms with Crippen LogP contribution in [0.3, 0.4) is 0 Å². The average molecular weight is 297 g/mol. The second-order valence-electron chi connectivity index (χ2n) is 5.28. The molecular formula is C14H19NO4S. The van der Waals surface area contributed by atoms with E-state index in [-0.39, 0.29) is 4.90 Å². The number of rotatable bonds is 4. The van der Waals surface area contributed by atoms with E-state index in [1.54, 1.807) is 38.1 Å². The number of hydrogen-bond acceptors (Lipinski definition) is 4. The maximum absolute atomic E-state index is 12.0. The molecule has 1 atom stereocenters. The van der Waals surface area contributed by atoms with Crippen molar-refractivity contribution in [2.24, 2.45) is 0 Å². The zero-order valence-electron chi connectivity index (χ0n) is 11.6. The third kappa shape index (κ3) is 2.65. The molecule has 0 bridgehead atoms. The fourth-order valence-electron chi connectivity index (χ4n) is 2.43. The van der Waals surface area contributed by atoms with Crippen LogP contribution in [0.15, 0.2) is 29.2 Å². The van der Waals surface area contributed by atoms with Gasteiger partial charge in [0.2, 0.25) is 0 Å². The maximum atomic E-state index is 12.0. The van der Waals surface area contributed by atoms with Crippen LogP contribution in [0.1, 0.15) is 26.7 Å². The minimum atomic E-state index is -3.28. The molecule has 5 nitrogen and oxygen atoms in total. The molecule has 2 rings (SSSR count). The van der Waals surface area contributed by atoms with Crippen LogP contribution in [0, 0.1) is 0 Å². The first-order valence-electron chi connectivity index (χ1n) is 6.67. The molecule has 1 N–H and O–H groups in total. The first-order chi connectivity index (χ1) is 9.34. The largest absolute Gasteiger partial charge is 0.480 e. The highest BCUT2D eigenvalue weighted by molar-refractivity contribution is 7.92. The number of sulfone groups is 1. The first-order valence-corrected chi connectivity index (χ1v) is 8.22. The van der Waals surface area contributed by atoms with Crippen molar-refractivity contribution in [2.45, 2.75) is 42.9 Å². The molecule has 1 aromatic carbocycles. The van der Waals surface area contributed by atoms with Crippen molar-refractivity contribution in [1.29, 1.82) is 0 Å². The Morgan fingerprint density at radius 1 is 1.30 bits per heavy atom. The SMILES string of the molecule is CC(C)S(=O)(=O)c1ccc(N2CCCC2C(=O)O)cc1. The van der Waals surface area contributed by atoms with Gasteiger partial charge in [-0.15, -0.1) is 0 Å². The molecule has 0 aromatic heterocycles. The zero-order chi connectivity index (χ0) is 14.9. The molecule has 1 fully saturated rings. The standard InChI is InChI=1S/C14H19NO4S/c1-10(2)20(18,19)12-7-5-11(6-8-12)15-9-3-4-13(15)14(16)17/h5-8,10,13H,3-4,9H2,1-2H3,(H,16,17). The smallest absolute Gasteiger partial charge is 0.326 e. The van der Waals surface area contributed by atoms with Gasteiger partial charge in [-0.05, 0) is 51.0 Å². The van der Waals surface area contributed by atoms with E-state index < -0.39 is 27.1 Å². The van der Waals surface area contributed by atoms with Gasteiger partial charge in [0, 0.05) is 12.2 Å². The van der Waals surface area contributed by atoms with Crippen molar-refractivity contribution in [3.05, 3.63) is 24.3 Å². The van der Waals surface area contributed by atoms with E-state index in [4.69, 9.17) is 5.11 Å². The Balaban J connectivity index is 2.27. The summed E-state index contributed by atoms with van der Waals surface area (Å²) in [6, 6.07) is 5.99. The highest BCUT2D eigenvalue weighted by Crippen LogP contribution is 2.27. The van der Waals surface area contributed by atoms with Crippen LogP contribution in [-0.2, 0) is 14.6 Å². The average Bonchev–Trinajstić information content (AvgIpc) is 2.88. The highest BCUT2D eigenvalue weighted by atomic mass is 32.2. The first kappa shape index (κ1) is 14.8. The summed E-state index contributed by atoms with van der Waals surface area (Å²) in [4.78, 5) is 13.3. The van der Waals surface area contributed by atoms with Crippen LogP contribution in [0.25, 0.3) is 0 Å². The predicted octanol–water partition coefficient (Wildman–Crippen LogP) is 1.92. The molecule has 0 amide bonds. The summed E-state index contributed by atoms with van der Waals surface area (Å²) in [6.07, 6.45) is 1.46. The number of carboxylic acid groups (broad SMARTS) is 1. The molecule has 1 aromatic rings. The number of hydrogen-bond donors (Lipinski definition) is 1. The van der Waals surface area contributed by atoms with Crippen molar-refractivity contribution in [1.82, 2.24) is 0 Å². The van der Waals surface area contributed by atoms with Gasteiger partial charge in [-0.25, -0.2) is 13.2 Å². The summed E-state index contributed by atoms with van der Waals surface area (Å²) in [5, 5.41) is 8.70. The van der Waals surface area contributed by atoms with E-state index in [0.29, 0.717) is 13.0 Å². The van der Waals surface area contributed by atoms with Crippen molar-refractivity contribution in [3.8, 4) is 0 Å². The fraction of sp³-hybridized carbons (Fsp3) is 0.500. The Kier molecular flexibility index (Phi) is 4.04. The molecule has 0 spiro atoms. The fourth-order valence-corrected chi connectivity index (χ4v) is 3.49. The van der Waals surface area contributed by atoms with Crippen LogP contribution in [0.4, 0.5) is 5.69 Å². The Morgan fingerprint density at radius 2 is 1.90 bits per heavy atom. The number of benzene rings is 1. The molecule has 1 saturated heterocycles.